The fourth-order valence-corrected chi connectivity index (χ4v) is 3.26. The molecule has 0 bridgehead atoms. The maximum atomic E-state index is 12.8. The molecule has 0 saturated heterocycles. The third kappa shape index (κ3) is 6.88. The monoisotopic (exact) mass is 404 g/mol. The summed E-state index contributed by atoms with van der Waals surface area (Å²) in [5.41, 5.74) is 3.86. The van der Waals surface area contributed by atoms with Gasteiger partial charge in [-0.05, 0) is 49.6 Å². The zero-order valence-corrected chi connectivity index (χ0v) is 17.7. The molecule has 2 aromatic rings. The van der Waals surface area contributed by atoms with Crippen LogP contribution in [0, 0.1) is 13.8 Å². The van der Waals surface area contributed by atoms with Gasteiger partial charge in [0.05, 0.1) is 6.26 Å². The van der Waals surface area contributed by atoms with Crippen LogP contribution in [0.15, 0.2) is 42.5 Å². The molecule has 2 amide bonds. The summed E-state index contributed by atoms with van der Waals surface area (Å²) in [6, 6.07) is 12.5. The Hall–Kier alpha value is -2.54. The molecule has 0 aliphatic heterocycles. The molecule has 1 N–H and O–H groups in total. The van der Waals surface area contributed by atoms with Crippen molar-refractivity contribution < 1.29 is 17.4 Å². The number of rotatable bonds is 8. The van der Waals surface area contributed by atoms with E-state index in [4.69, 9.17) is 4.18 Å². The lowest BCUT2D eigenvalue weighted by molar-refractivity contribution is 0.208. The predicted molar refractivity (Wildman–Crippen MR) is 112 cm³/mol. The van der Waals surface area contributed by atoms with Crippen molar-refractivity contribution in [3.8, 4) is 5.75 Å². The summed E-state index contributed by atoms with van der Waals surface area (Å²) in [4.78, 5) is 14.6. The highest BCUT2D eigenvalue weighted by Crippen LogP contribution is 2.19. The molecule has 0 atom stereocenters. The Bertz CT molecular complexity index is 909. The van der Waals surface area contributed by atoms with Gasteiger partial charge in [-0.25, -0.2) is 4.79 Å². The Morgan fingerprint density at radius 3 is 2.36 bits per heavy atom. The smallest absolute Gasteiger partial charge is 0.322 e. The molecule has 0 fully saturated rings. The van der Waals surface area contributed by atoms with Gasteiger partial charge in [0.2, 0.25) is 0 Å². The first-order chi connectivity index (χ1) is 13.2. The minimum atomic E-state index is -3.55. The normalized spacial score (nSPS) is 11.1. The van der Waals surface area contributed by atoms with Crippen molar-refractivity contribution >= 4 is 21.8 Å². The zero-order valence-electron chi connectivity index (χ0n) is 16.9. The Kier molecular flexibility index (Phi) is 7.45. The van der Waals surface area contributed by atoms with E-state index in [1.54, 1.807) is 29.2 Å². The fourth-order valence-electron chi connectivity index (χ4n) is 2.80. The number of hydrogen-bond donors (Lipinski definition) is 1. The summed E-state index contributed by atoms with van der Waals surface area (Å²) in [7, 11) is -3.55. The van der Waals surface area contributed by atoms with Gasteiger partial charge in [0.1, 0.15) is 5.75 Å². The number of hydrogen-bond acceptors (Lipinski definition) is 4. The summed E-state index contributed by atoms with van der Waals surface area (Å²) in [6.07, 6.45) is 2.88. The molecular weight excluding hydrogens is 376 g/mol. The first-order valence-corrected chi connectivity index (χ1v) is 11.1. The second-order valence-electron chi connectivity index (χ2n) is 6.96. The Morgan fingerprint density at radius 2 is 1.79 bits per heavy atom. The van der Waals surface area contributed by atoms with Crippen LogP contribution in [0.1, 0.15) is 36.5 Å². The largest absolute Gasteiger partial charge is 0.383 e. The lowest BCUT2D eigenvalue weighted by Gasteiger charge is -2.24. The van der Waals surface area contributed by atoms with Crippen molar-refractivity contribution in [3.05, 3.63) is 59.2 Å². The van der Waals surface area contributed by atoms with Gasteiger partial charge in [-0.1, -0.05) is 43.2 Å². The van der Waals surface area contributed by atoms with Gasteiger partial charge in [0, 0.05) is 18.8 Å². The van der Waals surface area contributed by atoms with E-state index in [1.807, 2.05) is 32.0 Å². The Balaban J connectivity index is 2.10. The summed E-state index contributed by atoms with van der Waals surface area (Å²) >= 11 is 0. The summed E-state index contributed by atoms with van der Waals surface area (Å²) in [5.74, 6) is 0.256. The number of nitrogens with one attached hydrogen (secondary N) is 1. The van der Waals surface area contributed by atoms with Gasteiger partial charge in [-0.3, -0.25) is 0 Å². The third-order valence-corrected chi connectivity index (χ3v) is 4.73. The summed E-state index contributed by atoms with van der Waals surface area (Å²) in [5, 5.41) is 2.99. The average Bonchev–Trinajstić information content (AvgIpc) is 2.61. The fraction of sp³-hybridized carbons (Fsp3) is 0.381. The summed E-state index contributed by atoms with van der Waals surface area (Å²) < 4.78 is 27.3. The van der Waals surface area contributed by atoms with E-state index in [-0.39, 0.29) is 11.8 Å². The van der Waals surface area contributed by atoms with E-state index in [1.165, 1.54) is 0 Å². The maximum Gasteiger partial charge on any atom is 0.322 e. The highest BCUT2D eigenvalue weighted by Gasteiger charge is 2.15. The van der Waals surface area contributed by atoms with Crippen LogP contribution >= 0.6 is 0 Å². The number of benzene rings is 2. The minimum Gasteiger partial charge on any atom is -0.383 e. The molecule has 6 nitrogen and oxygen atoms in total. The molecule has 2 rings (SSSR count). The van der Waals surface area contributed by atoms with Gasteiger partial charge < -0.3 is 14.4 Å². The van der Waals surface area contributed by atoms with Crippen molar-refractivity contribution in [2.45, 2.75) is 40.2 Å². The number of anilines is 1. The highest BCUT2D eigenvalue weighted by atomic mass is 32.2. The van der Waals surface area contributed by atoms with Crippen LogP contribution in [-0.2, 0) is 16.7 Å². The van der Waals surface area contributed by atoms with Gasteiger partial charge in [0.15, 0.2) is 0 Å². The van der Waals surface area contributed by atoms with Crippen molar-refractivity contribution in [1.82, 2.24) is 4.90 Å². The van der Waals surface area contributed by atoms with E-state index in [0.717, 1.165) is 41.5 Å². The summed E-state index contributed by atoms with van der Waals surface area (Å²) in [6.45, 7) is 7.13. The van der Waals surface area contributed by atoms with Crippen LogP contribution in [0.4, 0.5) is 10.5 Å². The third-order valence-electron chi connectivity index (χ3n) is 4.24. The molecule has 0 aromatic heterocycles. The second-order valence-corrected chi connectivity index (χ2v) is 8.53. The molecule has 0 saturated carbocycles. The quantitative estimate of drug-likeness (QED) is 0.659. The molecule has 152 valence electrons. The Morgan fingerprint density at radius 1 is 1.11 bits per heavy atom. The van der Waals surface area contributed by atoms with Gasteiger partial charge in [-0.2, -0.15) is 8.42 Å². The zero-order chi connectivity index (χ0) is 20.7. The van der Waals surface area contributed by atoms with Crippen LogP contribution in [0.2, 0.25) is 0 Å². The Labute approximate surface area is 167 Å². The van der Waals surface area contributed by atoms with Crippen molar-refractivity contribution in [2.75, 3.05) is 18.1 Å². The highest BCUT2D eigenvalue weighted by molar-refractivity contribution is 7.86. The number of unbranched alkanes of at least 4 members (excludes halogenated alkanes) is 1. The number of aryl methyl sites for hydroxylation is 2. The van der Waals surface area contributed by atoms with Crippen LogP contribution in [0.25, 0.3) is 0 Å². The number of carbonyl (C=O) groups is 1. The number of nitrogens with zero attached hydrogens (tertiary/aromatic N) is 1. The minimum absolute atomic E-state index is 0.156. The van der Waals surface area contributed by atoms with Crippen LogP contribution < -0.4 is 9.50 Å². The lowest BCUT2D eigenvalue weighted by Crippen LogP contribution is -2.35. The van der Waals surface area contributed by atoms with Crippen LogP contribution in [-0.4, -0.2) is 32.1 Å². The van der Waals surface area contributed by atoms with Crippen molar-refractivity contribution in [3.63, 3.8) is 0 Å². The van der Waals surface area contributed by atoms with Crippen molar-refractivity contribution in [1.29, 1.82) is 0 Å². The number of carbonyl (C=O) groups excluding carboxylic acids is 1. The average molecular weight is 405 g/mol. The lowest BCUT2D eigenvalue weighted by atomic mass is 10.1. The van der Waals surface area contributed by atoms with Crippen LogP contribution in [0.5, 0.6) is 5.75 Å². The molecule has 0 aliphatic rings. The van der Waals surface area contributed by atoms with Gasteiger partial charge in [0.25, 0.3) is 0 Å². The molecular formula is C21H28N2O4S. The standard InChI is InChI=1S/C21H28N2O4S/c1-5-6-13-23(21(24)22-20-12-7-16(2)14-17(20)3)15-18-8-10-19(11-9-18)27-28(4,25)26/h7-12,14H,5-6,13,15H2,1-4H3,(H,22,24). The molecule has 28 heavy (non-hydrogen) atoms. The molecule has 0 heterocycles. The molecule has 0 radical (unpaired) electrons. The molecule has 0 unspecified atom stereocenters. The van der Waals surface area contributed by atoms with Gasteiger partial charge in [-0.15, -0.1) is 0 Å². The molecule has 0 spiro atoms. The van der Waals surface area contributed by atoms with Crippen LogP contribution in [0.3, 0.4) is 0 Å². The van der Waals surface area contributed by atoms with E-state index >= 15 is 0 Å². The topological polar surface area (TPSA) is 75.7 Å². The maximum absolute atomic E-state index is 12.8. The SMILES string of the molecule is CCCCN(Cc1ccc(OS(C)(=O)=O)cc1)C(=O)Nc1ccc(C)cc1C. The predicted octanol–water partition coefficient (Wildman–Crippen LogP) is 4.48. The first-order valence-electron chi connectivity index (χ1n) is 9.29. The van der Waals surface area contributed by atoms with E-state index < -0.39 is 10.1 Å². The second kappa shape index (κ2) is 9.59. The van der Waals surface area contributed by atoms with E-state index in [0.29, 0.717) is 13.1 Å². The first kappa shape index (κ1) is 21.8. The molecule has 7 heteroatoms. The van der Waals surface area contributed by atoms with E-state index in [9.17, 15) is 13.2 Å². The number of urea groups is 1. The molecule has 0 aliphatic carbocycles. The molecule has 2 aromatic carbocycles. The van der Waals surface area contributed by atoms with Crippen molar-refractivity contribution in [2.24, 2.45) is 0 Å². The van der Waals surface area contributed by atoms with Gasteiger partial charge >= 0.3 is 16.1 Å². The number of amides is 2. The van der Waals surface area contributed by atoms with E-state index in [2.05, 4.69) is 12.2 Å².